The van der Waals surface area contributed by atoms with Crippen LogP contribution in [0, 0.1) is 0 Å². The summed E-state index contributed by atoms with van der Waals surface area (Å²) in [4.78, 5) is 24.4. The molecule has 7 N–H and O–H groups in total. The number of nitrogens with two attached hydrogens (primary N) is 2. The van der Waals surface area contributed by atoms with E-state index in [2.05, 4.69) is 41.1 Å². The Hall–Kier alpha value is -2.72. The van der Waals surface area contributed by atoms with Crippen molar-refractivity contribution in [3.05, 3.63) is 42.4 Å². The van der Waals surface area contributed by atoms with Crippen molar-refractivity contribution in [1.29, 1.82) is 0 Å². The van der Waals surface area contributed by atoms with Gasteiger partial charge in [-0.25, -0.2) is 14.6 Å². The number of hydrogen-bond donors (Lipinski definition) is 5. The second-order valence-electron chi connectivity index (χ2n) is 9.14. The van der Waals surface area contributed by atoms with E-state index in [1.807, 2.05) is 6.92 Å². The maximum absolute atomic E-state index is 15.8. The van der Waals surface area contributed by atoms with Crippen molar-refractivity contribution in [2.24, 2.45) is 0 Å². The van der Waals surface area contributed by atoms with Crippen LogP contribution in [0.1, 0.15) is 32.1 Å². The van der Waals surface area contributed by atoms with Crippen LogP contribution in [0.2, 0.25) is 0 Å². The molecule has 0 bridgehead atoms. The number of anilines is 2. The number of carbonyl (C=O) groups is 1. The van der Waals surface area contributed by atoms with Gasteiger partial charge in [-0.05, 0) is 47.0 Å². The fraction of sp³-hybridized carbons (Fsp3) is 0.478. The lowest BCUT2D eigenvalue weighted by atomic mass is 10.1. The SMILES string of the molecule is CCCOC(=O)[C@H](C)NP(=O)(NCc1cccnc1)OC[C@H]1O[C@@H](n2ccc3c(N)nc(N)nc32)[C@@](F)(Br)C1O. The quantitative estimate of drug-likeness (QED) is 0.109. The van der Waals surface area contributed by atoms with Gasteiger partial charge < -0.3 is 35.1 Å². The molecule has 40 heavy (non-hydrogen) atoms. The smallest absolute Gasteiger partial charge is 0.341 e. The van der Waals surface area contributed by atoms with E-state index in [0.717, 1.165) is 0 Å². The Kier molecular flexibility index (Phi) is 9.40. The van der Waals surface area contributed by atoms with Gasteiger partial charge in [-0.15, -0.1) is 0 Å². The summed E-state index contributed by atoms with van der Waals surface area (Å²) in [6.45, 7) is 3.06. The van der Waals surface area contributed by atoms with Gasteiger partial charge in [0.1, 0.15) is 29.7 Å². The highest BCUT2D eigenvalue weighted by molar-refractivity contribution is 9.10. The van der Waals surface area contributed by atoms with Gasteiger partial charge in [0, 0.05) is 25.1 Å². The van der Waals surface area contributed by atoms with Gasteiger partial charge >= 0.3 is 13.6 Å². The average molecular weight is 645 g/mol. The van der Waals surface area contributed by atoms with Crippen molar-refractivity contribution in [2.75, 3.05) is 24.7 Å². The first-order valence-corrected chi connectivity index (χ1v) is 14.8. The first-order valence-electron chi connectivity index (χ1n) is 12.4. The van der Waals surface area contributed by atoms with E-state index in [-0.39, 0.29) is 30.6 Å². The first-order chi connectivity index (χ1) is 18.9. The van der Waals surface area contributed by atoms with Crippen LogP contribution in [0.3, 0.4) is 0 Å². The summed E-state index contributed by atoms with van der Waals surface area (Å²) in [6, 6.07) is 4.01. The number of aliphatic hydroxyl groups is 1. The zero-order valence-corrected chi connectivity index (χ0v) is 24.2. The van der Waals surface area contributed by atoms with E-state index in [9.17, 15) is 14.5 Å². The molecule has 2 unspecified atom stereocenters. The number of fused-ring (bicyclic) bond motifs is 1. The van der Waals surface area contributed by atoms with Crippen LogP contribution in [-0.4, -0.2) is 66.6 Å². The van der Waals surface area contributed by atoms with Crippen molar-refractivity contribution in [3.63, 3.8) is 0 Å². The molecule has 1 fully saturated rings. The van der Waals surface area contributed by atoms with Crippen LogP contribution in [-0.2, 0) is 29.9 Å². The highest BCUT2D eigenvalue weighted by Gasteiger charge is 2.57. The van der Waals surface area contributed by atoms with Gasteiger partial charge in [-0.1, -0.05) is 13.0 Å². The third-order valence-corrected chi connectivity index (χ3v) is 8.73. The molecule has 1 aliphatic heterocycles. The predicted octanol–water partition coefficient (Wildman–Crippen LogP) is 2.16. The van der Waals surface area contributed by atoms with Crippen molar-refractivity contribution < 1.29 is 32.9 Å². The molecule has 218 valence electrons. The van der Waals surface area contributed by atoms with E-state index in [4.69, 9.17) is 25.5 Å². The normalized spacial score (nSPS) is 25.1. The minimum absolute atomic E-state index is 0.0644. The molecule has 3 aromatic heterocycles. The number of hydrogen-bond acceptors (Lipinski definition) is 11. The Balaban J connectivity index is 1.52. The Bertz CT molecular complexity index is 1380. The zero-order valence-electron chi connectivity index (χ0n) is 21.7. The Morgan fingerprint density at radius 3 is 2.88 bits per heavy atom. The lowest BCUT2D eigenvalue weighted by Crippen LogP contribution is -2.40. The lowest BCUT2D eigenvalue weighted by molar-refractivity contribution is -0.145. The number of esters is 1. The molecular formula is C23H31BrFN8O6P. The first kappa shape index (κ1) is 30.2. The van der Waals surface area contributed by atoms with Gasteiger partial charge in [-0.2, -0.15) is 9.97 Å². The number of nitrogen functional groups attached to an aromatic ring is 2. The van der Waals surface area contributed by atoms with Crippen LogP contribution in [0.15, 0.2) is 36.8 Å². The molecule has 0 aromatic carbocycles. The standard InChI is InChI=1S/C23H31BrFN8O6P/c1-3-9-37-20(35)13(2)32-40(36,29-11-14-5-4-7-28-10-14)38-12-16-17(34)23(24,25)21(39-16)33-8-6-15-18(26)30-22(27)31-19(15)33/h4-8,10,13,16-17,21,34H,3,9,11-12H2,1-2H3,(H2,29,32,36)(H4,26,27,30,31)/t13-,16+,17?,21+,23+,40?/m0/s1. The topological polar surface area (TPSA) is 202 Å². The van der Waals surface area contributed by atoms with E-state index >= 15 is 4.39 Å². The van der Waals surface area contributed by atoms with Gasteiger partial charge in [0.15, 0.2) is 6.23 Å². The average Bonchev–Trinajstić information content (AvgIpc) is 3.43. The van der Waals surface area contributed by atoms with Crippen molar-refractivity contribution in [1.82, 2.24) is 29.7 Å². The number of aliphatic hydroxyl groups excluding tert-OH is 1. The molecule has 3 aromatic rings. The summed E-state index contributed by atoms with van der Waals surface area (Å²) >= 11 is 2.93. The molecule has 0 aliphatic carbocycles. The number of pyridine rings is 1. The monoisotopic (exact) mass is 644 g/mol. The molecule has 14 nitrogen and oxygen atoms in total. The maximum Gasteiger partial charge on any atom is 0.341 e. The Morgan fingerprint density at radius 1 is 1.40 bits per heavy atom. The minimum atomic E-state index is -4.00. The number of nitrogens with one attached hydrogen (secondary N) is 2. The van der Waals surface area contributed by atoms with E-state index in [1.165, 1.54) is 17.7 Å². The van der Waals surface area contributed by atoms with Crippen LogP contribution in [0.25, 0.3) is 11.0 Å². The molecular weight excluding hydrogens is 614 g/mol. The molecule has 4 heterocycles. The highest BCUT2D eigenvalue weighted by atomic mass is 79.9. The van der Waals surface area contributed by atoms with E-state index < -0.39 is 49.3 Å². The van der Waals surface area contributed by atoms with Crippen LogP contribution < -0.4 is 21.6 Å². The molecule has 0 amide bonds. The number of alkyl halides is 2. The van der Waals surface area contributed by atoms with Crippen molar-refractivity contribution in [3.8, 4) is 0 Å². The molecule has 1 saturated heterocycles. The van der Waals surface area contributed by atoms with Crippen LogP contribution >= 0.6 is 23.6 Å². The lowest BCUT2D eigenvalue weighted by Gasteiger charge is -2.25. The molecule has 6 atom stereocenters. The molecule has 0 radical (unpaired) electrons. The zero-order chi connectivity index (χ0) is 29.1. The fourth-order valence-corrected chi connectivity index (χ4v) is 6.25. The second-order valence-corrected chi connectivity index (χ2v) is 12.3. The van der Waals surface area contributed by atoms with Gasteiger partial charge in [0.05, 0.1) is 18.6 Å². The number of halogens is 2. The summed E-state index contributed by atoms with van der Waals surface area (Å²) in [5.74, 6) is -0.660. The predicted molar refractivity (Wildman–Crippen MR) is 148 cm³/mol. The van der Waals surface area contributed by atoms with Crippen molar-refractivity contribution >= 4 is 52.4 Å². The molecule has 0 spiro atoms. The van der Waals surface area contributed by atoms with Gasteiger partial charge in [0.2, 0.25) is 10.5 Å². The fourth-order valence-electron chi connectivity index (χ4n) is 4.01. The van der Waals surface area contributed by atoms with E-state index in [1.54, 1.807) is 30.6 Å². The second kappa shape index (κ2) is 12.4. The van der Waals surface area contributed by atoms with Gasteiger partial charge in [-0.3, -0.25) is 14.3 Å². The number of rotatable bonds is 12. The number of carbonyl (C=O) groups excluding carboxylic acids is 1. The Labute approximate surface area is 237 Å². The largest absolute Gasteiger partial charge is 0.465 e. The maximum atomic E-state index is 15.8. The number of aromatic nitrogens is 4. The van der Waals surface area contributed by atoms with Gasteiger partial charge in [0.25, 0.3) is 0 Å². The highest BCUT2D eigenvalue weighted by Crippen LogP contribution is 2.49. The molecule has 17 heteroatoms. The summed E-state index contributed by atoms with van der Waals surface area (Å²) in [7, 11) is -4.00. The summed E-state index contributed by atoms with van der Waals surface area (Å²) in [5.41, 5.74) is 12.5. The van der Waals surface area contributed by atoms with Crippen LogP contribution in [0.4, 0.5) is 16.2 Å². The molecule has 1 aliphatic rings. The summed E-state index contributed by atoms with van der Waals surface area (Å²) < 4.78 is 45.1. The third-order valence-electron chi connectivity index (χ3n) is 6.05. The number of nitrogens with zero attached hydrogens (tertiary/aromatic N) is 4. The molecule has 4 rings (SSSR count). The summed E-state index contributed by atoms with van der Waals surface area (Å²) in [6.07, 6.45) is 0.759. The minimum Gasteiger partial charge on any atom is -0.465 e. The van der Waals surface area contributed by atoms with Crippen LogP contribution in [0.5, 0.6) is 0 Å². The number of ether oxygens (including phenoxy) is 2. The Morgan fingerprint density at radius 2 is 2.17 bits per heavy atom. The molecule has 0 saturated carbocycles. The summed E-state index contributed by atoms with van der Waals surface area (Å²) in [5, 5.41) is 16.6. The van der Waals surface area contributed by atoms with E-state index in [0.29, 0.717) is 17.4 Å². The third kappa shape index (κ3) is 6.60. The van der Waals surface area contributed by atoms with Crippen molar-refractivity contribution in [2.45, 2.75) is 55.9 Å².